The number of hydrogen-bond donors (Lipinski definition) is 0. The predicted molar refractivity (Wildman–Crippen MR) is 78.8 cm³/mol. The normalized spacial score (nSPS) is 12.9. The van der Waals surface area contributed by atoms with Crippen LogP contribution in [0.4, 0.5) is 0 Å². The maximum atomic E-state index is 12.4. The third kappa shape index (κ3) is 2.92. The molecule has 0 aliphatic carbocycles. The summed E-state index contributed by atoms with van der Waals surface area (Å²) < 4.78 is 24.7. The van der Waals surface area contributed by atoms with Crippen molar-refractivity contribution in [3.05, 3.63) is 22.8 Å². The lowest BCUT2D eigenvalue weighted by Crippen LogP contribution is -2.24. The van der Waals surface area contributed by atoms with Gasteiger partial charge in [0.1, 0.15) is 14.3 Å². The van der Waals surface area contributed by atoms with Crippen LogP contribution in [0, 0.1) is 20.8 Å². The molecule has 0 atom stereocenters. The smallest absolute Gasteiger partial charge is 0.110 e. The van der Waals surface area contributed by atoms with Gasteiger partial charge in [-0.1, -0.05) is 6.07 Å². The SMILES string of the molecule is Cc1cc(C)c(P(C)(C)=O)c(C)c1P(C)(C)=O. The molecule has 0 radical (unpaired) electrons. The van der Waals surface area contributed by atoms with Gasteiger partial charge in [-0.15, -0.1) is 0 Å². The van der Waals surface area contributed by atoms with E-state index in [4.69, 9.17) is 0 Å². The van der Waals surface area contributed by atoms with Crippen molar-refractivity contribution in [3.8, 4) is 0 Å². The van der Waals surface area contributed by atoms with Gasteiger partial charge in [-0.2, -0.15) is 0 Å². The summed E-state index contributed by atoms with van der Waals surface area (Å²) in [6, 6.07) is 2.01. The minimum atomic E-state index is -2.33. The molecule has 0 fully saturated rings. The number of rotatable bonds is 2. The maximum Gasteiger partial charge on any atom is 0.110 e. The minimum absolute atomic E-state index is 0.905. The Bertz CT molecular complexity index is 501. The van der Waals surface area contributed by atoms with E-state index in [1.165, 1.54) is 0 Å². The molecule has 0 bridgehead atoms. The van der Waals surface area contributed by atoms with Crippen molar-refractivity contribution in [1.82, 2.24) is 0 Å². The largest absolute Gasteiger partial charge is 0.319 e. The Balaban J connectivity index is 3.80. The van der Waals surface area contributed by atoms with Crippen molar-refractivity contribution >= 4 is 24.9 Å². The average molecular weight is 272 g/mol. The van der Waals surface area contributed by atoms with Gasteiger partial charge in [0.25, 0.3) is 0 Å². The number of aryl methyl sites for hydroxylation is 2. The zero-order valence-electron chi connectivity index (χ0n) is 11.8. The molecule has 96 valence electrons. The van der Waals surface area contributed by atoms with E-state index in [-0.39, 0.29) is 0 Å². The highest BCUT2D eigenvalue weighted by atomic mass is 31.2. The molecule has 1 rings (SSSR count). The summed E-state index contributed by atoms with van der Waals surface area (Å²) in [6.07, 6.45) is 0. The van der Waals surface area contributed by atoms with Crippen molar-refractivity contribution in [2.75, 3.05) is 26.7 Å². The molecule has 1 aromatic carbocycles. The summed E-state index contributed by atoms with van der Waals surface area (Å²) in [7, 11) is -4.66. The van der Waals surface area contributed by atoms with Gasteiger partial charge in [0, 0.05) is 10.6 Å². The van der Waals surface area contributed by atoms with Gasteiger partial charge in [0.2, 0.25) is 0 Å². The second-order valence-corrected chi connectivity index (χ2v) is 11.8. The van der Waals surface area contributed by atoms with Crippen molar-refractivity contribution in [3.63, 3.8) is 0 Å². The van der Waals surface area contributed by atoms with E-state index in [2.05, 4.69) is 0 Å². The molecular weight excluding hydrogens is 250 g/mol. The predicted octanol–water partition coefficient (Wildman–Crippen LogP) is 3.11. The highest BCUT2D eigenvalue weighted by Gasteiger charge is 2.25. The van der Waals surface area contributed by atoms with Crippen molar-refractivity contribution in [1.29, 1.82) is 0 Å². The van der Waals surface area contributed by atoms with Crippen LogP contribution < -0.4 is 10.6 Å². The summed E-state index contributed by atoms with van der Waals surface area (Å²) in [5.74, 6) is 0. The highest BCUT2D eigenvalue weighted by Crippen LogP contribution is 2.42. The van der Waals surface area contributed by atoms with Gasteiger partial charge in [0.05, 0.1) is 0 Å². The molecule has 0 aromatic heterocycles. The molecule has 0 heterocycles. The van der Waals surface area contributed by atoms with Crippen LogP contribution in [-0.4, -0.2) is 26.7 Å². The summed E-state index contributed by atoms with van der Waals surface area (Å²) in [6.45, 7) is 13.0. The van der Waals surface area contributed by atoms with Crippen molar-refractivity contribution < 1.29 is 9.13 Å². The van der Waals surface area contributed by atoms with Gasteiger partial charge < -0.3 is 9.13 Å². The first-order valence-corrected chi connectivity index (χ1v) is 10.9. The van der Waals surface area contributed by atoms with Crippen LogP contribution in [0.1, 0.15) is 16.7 Å². The lowest BCUT2D eigenvalue weighted by molar-refractivity contribution is 0.588. The Morgan fingerprint density at radius 3 is 1.29 bits per heavy atom. The summed E-state index contributed by atoms with van der Waals surface area (Å²) in [5.41, 5.74) is 3.06. The molecule has 0 unspecified atom stereocenters. The van der Waals surface area contributed by atoms with E-state index in [1.807, 2.05) is 26.8 Å². The van der Waals surface area contributed by atoms with Crippen LogP contribution in [0.2, 0.25) is 0 Å². The molecule has 0 N–H and O–H groups in total. The molecule has 0 aliphatic heterocycles. The first-order chi connectivity index (χ1) is 7.46. The third-order valence-corrected chi connectivity index (χ3v) is 6.50. The molecule has 2 nitrogen and oxygen atoms in total. The van der Waals surface area contributed by atoms with E-state index in [1.54, 1.807) is 26.7 Å². The lowest BCUT2D eigenvalue weighted by Gasteiger charge is -2.22. The summed E-state index contributed by atoms with van der Waals surface area (Å²) in [5, 5.41) is 1.81. The first-order valence-electron chi connectivity index (χ1n) is 5.68. The first kappa shape index (κ1) is 14.7. The molecule has 1 aromatic rings. The van der Waals surface area contributed by atoms with Crippen LogP contribution >= 0.6 is 14.3 Å². The van der Waals surface area contributed by atoms with E-state index >= 15 is 0 Å². The monoisotopic (exact) mass is 272 g/mol. The van der Waals surface area contributed by atoms with Gasteiger partial charge in [-0.25, -0.2) is 0 Å². The fourth-order valence-electron chi connectivity index (χ4n) is 2.82. The second-order valence-electron chi connectivity index (χ2n) is 5.53. The molecule has 0 aliphatic rings. The Morgan fingerprint density at radius 2 is 1.06 bits per heavy atom. The summed E-state index contributed by atoms with van der Waals surface area (Å²) in [4.78, 5) is 0. The number of benzene rings is 1. The molecule has 0 saturated carbocycles. The minimum Gasteiger partial charge on any atom is -0.319 e. The summed E-state index contributed by atoms with van der Waals surface area (Å²) >= 11 is 0. The molecule has 17 heavy (non-hydrogen) atoms. The Hall–Kier alpha value is -0.320. The lowest BCUT2D eigenvalue weighted by atomic mass is 10.1. The molecule has 0 amide bonds. The van der Waals surface area contributed by atoms with Gasteiger partial charge >= 0.3 is 0 Å². The van der Waals surface area contributed by atoms with E-state index in [9.17, 15) is 9.13 Å². The number of hydrogen-bond acceptors (Lipinski definition) is 2. The highest BCUT2D eigenvalue weighted by molar-refractivity contribution is 7.72. The Kier molecular flexibility index (Phi) is 3.82. The standard InChI is InChI=1S/C13H22O2P2/c1-9-8-10(2)13(17(6,7)15)11(3)12(9)16(4,5)14/h8H,1-7H3. The van der Waals surface area contributed by atoms with Crippen molar-refractivity contribution in [2.24, 2.45) is 0 Å². The van der Waals surface area contributed by atoms with Crippen LogP contribution in [0.3, 0.4) is 0 Å². The van der Waals surface area contributed by atoms with E-state index in [0.717, 1.165) is 27.3 Å². The van der Waals surface area contributed by atoms with E-state index < -0.39 is 14.3 Å². The fraction of sp³-hybridized carbons (Fsp3) is 0.538. The molecule has 0 spiro atoms. The van der Waals surface area contributed by atoms with Crippen LogP contribution in [-0.2, 0) is 9.13 Å². The quantitative estimate of drug-likeness (QED) is 0.775. The third-order valence-electron chi connectivity index (χ3n) is 2.97. The molecule has 4 heteroatoms. The topological polar surface area (TPSA) is 34.1 Å². The maximum absolute atomic E-state index is 12.4. The van der Waals surface area contributed by atoms with Crippen LogP contribution in [0.5, 0.6) is 0 Å². The van der Waals surface area contributed by atoms with Crippen LogP contribution in [0.25, 0.3) is 0 Å². The van der Waals surface area contributed by atoms with Crippen LogP contribution in [0.15, 0.2) is 6.07 Å². The Morgan fingerprint density at radius 1 is 0.765 bits per heavy atom. The molecule has 0 saturated heterocycles. The second kappa shape index (κ2) is 4.41. The van der Waals surface area contributed by atoms with Gasteiger partial charge in [-0.3, -0.25) is 0 Å². The zero-order chi connectivity index (χ0) is 13.6. The average Bonchev–Trinajstić information content (AvgIpc) is 1.94. The van der Waals surface area contributed by atoms with Gasteiger partial charge in [-0.05, 0) is 64.1 Å². The zero-order valence-corrected chi connectivity index (χ0v) is 13.6. The Labute approximate surface area is 105 Å². The fourth-order valence-corrected chi connectivity index (χ4v) is 6.58. The van der Waals surface area contributed by atoms with E-state index in [0.29, 0.717) is 0 Å². The van der Waals surface area contributed by atoms with Crippen molar-refractivity contribution in [2.45, 2.75) is 20.8 Å². The van der Waals surface area contributed by atoms with Gasteiger partial charge in [0.15, 0.2) is 0 Å². The molecular formula is C13H22O2P2.